The third kappa shape index (κ3) is 2.75. The second-order valence-electron chi connectivity index (χ2n) is 14.4. The molecule has 35 heavy (non-hydrogen) atoms. The fourth-order valence-electron chi connectivity index (χ4n) is 11.7. The van der Waals surface area contributed by atoms with Crippen molar-refractivity contribution < 1.29 is 29.2 Å². The summed E-state index contributed by atoms with van der Waals surface area (Å²) in [7, 11) is 1.32. The van der Waals surface area contributed by atoms with Crippen LogP contribution in [0.3, 0.4) is 0 Å². The highest BCUT2D eigenvalue weighted by molar-refractivity contribution is 5.59. The highest BCUT2D eigenvalue weighted by Gasteiger charge is 2.84. The molecule has 0 radical (unpaired) electrons. The number of ether oxygens (including phenoxy) is 3. The van der Waals surface area contributed by atoms with Gasteiger partial charge in [0, 0.05) is 5.41 Å². The van der Waals surface area contributed by atoms with E-state index in [0.29, 0.717) is 34.5 Å². The Kier molecular flexibility index (Phi) is 5.16. The Morgan fingerprint density at radius 1 is 1.00 bits per heavy atom. The van der Waals surface area contributed by atoms with E-state index in [0.717, 1.165) is 38.5 Å². The first-order valence-electron chi connectivity index (χ1n) is 14.1. The van der Waals surface area contributed by atoms with Crippen molar-refractivity contribution >= 4 is 6.16 Å². The van der Waals surface area contributed by atoms with Crippen LogP contribution in [-0.2, 0) is 14.2 Å². The average molecular weight is 491 g/mol. The van der Waals surface area contributed by atoms with Crippen molar-refractivity contribution in [1.82, 2.24) is 0 Å². The number of fused-ring (bicyclic) bond motifs is 4. The number of hydrogen-bond acceptors (Lipinski definition) is 6. The van der Waals surface area contributed by atoms with Gasteiger partial charge in [-0.3, -0.25) is 0 Å². The molecule has 2 N–H and O–H groups in total. The van der Waals surface area contributed by atoms with E-state index in [-0.39, 0.29) is 41.2 Å². The summed E-state index contributed by atoms with van der Waals surface area (Å²) in [6, 6.07) is 0. The SMILES string of the molecule is COC(=O)OCC1C[C@@H](C)[C@H]2C(O1)[C@H](O)[C@@]1(C)C3CC[C@H]4C(C)(C)C(O)CCC45CC35CCC21C. The minimum Gasteiger partial charge on any atom is -0.438 e. The molecular formula is C29H46O6. The normalized spacial score (nSPS) is 57.6. The first-order valence-corrected chi connectivity index (χ1v) is 14.1. The van der Waals surface area contributed by atoms with Crippen molar-refractivity contribution in [3.63, 3.8) is 0 Å². The van der Waals surface area contributed by atoms with Crippen LogP contribution in [0.15, 0.2) is 0 Å². The summed E-state index contributed by atoms with van der Waals surface area (Å²) in [5.41, 5.74) is 0.468. The molecule has 0 aromatic carbocycles. The number of hydrogen-bond donors (Lipinski definition) is 2. The lowest BCUT2D eigenvalue weighted by Gasteiger charge is -2.63. The predicted molar refractivity (Wildman–Crippen MR) is 130 cm³/mol. The lowest BCUT2D eigenvalue weighted by Crippen LogP contribution is -2.59. The standard InChI is InChI=1S/C29H46O6/c1-16-13-17(14-34-24(32)33-6)35-22-21(16)26(4)11-12-29-15-28(29)10-9-20(30)25(2,3)18(28)7-8-19(29)27(26,5)23(22)31/h16-23,30-31H,7-15H2,1-6H3/t16-,17?,18+,19?,20?,21+,22?,23+,26?,27-,28?,29?/m1/s1. The van der Waals surface area contributed by atoms with Gasteiger partial charge in [-0.15, -0.1) is 0 Å². The molecule has 6 heteroatoms. The number of carbonyl (C=O) groups is 1. The molecular weight excluding hydrogens is 444 g/mol. The average Bonchev–Trinajstić information content (AvgIpc) is 3.45. The highest BCUT2D eigenvalue weighted by atomic mass is 16.7. The van der Waals surface area contributed by atoms with Crippen molar-refractivity contribution in [2.75, 3.05) is 13.7 Å². The van der Waals surface area contributed by atoms with Crippen molar-refractivity contribution in [3.05, 3.63) is 0 Å². The maximum absolute atomic E-state index is 12.1. The van der Waals surface area contributed by atoms with Gasteiger partial charge in [0.2, 0.25) is 0 Å². The molecule has 1 aliphatic heterocycles. The molecule has 0 amide bonds. The molecule has 5 aliphatic carbocycles. The van der Waals surface area contributed by atoms with Crippen molar-refractivity contribution in [2.24, 2.45) is 50.7 Å². The van der Waals surface area contributed by atoms with Crippen LogP contribution >= 0.6 is 0 Å². The van der Waals surface area contributed by atoms with Crippen LogP contribution < -0.4 is 0 Å². The molecule has 0 bridgehead atoms. The van der Waals surface area contributed by atoms with Crippen LogP contribution in [0.1, 0.15) is 86.0 Å². The molecule has 0 aromatic rings. The van der Waals surface area contributed by atoms with E-state index in [9.17, 15) is 15.0 Å². The molecule has 0 aromatic heterocycles. The maximum Gasteiger partial charge on any atom is 0.508 e. The summed E-state index contributed by atoms with van der Waals surface area (Å²) in [5, 5.41) is 23.0. The molecule has 2 spiro atoms. The fourth-order valence-corrected chi connectivity index (χ4v) is 11.7. The summed E-state index contributed by atoms with van der Waals surface area (Å²) in [5.74, 6) is 1.78. The zero-order chi connectivity index (χ0) is 25.2. The third-order valence-corrected chi connectivity index (χ3v) is 13.4. The summed E-state index contributed by atoms with van der Waals surface area (Å²) >= 11 is 0. The van der Waals surface area contributed by atoms with E-state index < -0.39 is 12.3 Å². The van der Waals surface area contributed by atoms with Gasteiger partial charge in [-0.05, 0) is 96.7 Å². The van der Waals surface area contributed by atoms with Gasteiger partial charge >= 0.3 is 6.16 Å². The topological polar surface area (TPSA) is 85.2 Å². The van der Waals surface area contributed by atoms with Crippen LogP contribution in [0.25, 0.3) is 0 Å². The Hall–Kier alpha value is -0.850. The minimum atomic E-state index is -0.679. The van der Waals surface area contributed by atoms with Gasteiger partial charge in [0.15, 0.2) is 0 Å². The second-order valence-corrected chi connectivity index (χ2v) is 14.4. The Morgan fingerprint density at radius 3 is 2.40 bits per heavy atom. The second kappa shape index (κ2) is 7.38. The van der Waals surface area contributed by atoms with E-state index in [1.54, 1.807) is 0 Å². The van der Waals surface area contributed by atoms with Gasteiger partial charge in [0.25, 0.3) is 0 Å². The molecule has 12 atom stereocenters. The van der Waals surface area contributed by atoms with Gasteiger partial charge in [-0.2, -0.15) is 0 Å². The van der Waals surface area contributed by atoms with E-state index in [1.165, 1.54) is 20.0 Å². The zero-order valence-corrected chi connectivity index (χ0v) is 22.5. The quantitative estimate of drug-likeness (QED) is 0.533. The van der Waals surface area contributed by atoms with Gasteiger partial charge in [-0.1, -0.05) is 34.6 Å². The summed E-state index contributed by atoms with van der Waals surface area (Å²) in [6.45, 7) is 11.9. The van der Waals surface area contributed by atoms with Gasteiger partial charge in [0.05, 0.1) is 31.5 Å². The van der Waals surface area contributed by atoms with Crippen molar-refractivity contribution in [1.29, 1.82) is 0 Å². The number of methoxy groups -OCH3 is 1. The molecule has 6 aliphatic rings. The van der Waals surface area contributed by atoms with Crippen LogP contribution in [0.4, 0.5) is 4.79 Å². The number of aliphatic hydroxyl groups is 2. The largest absolute Gasteiger partial charge is 0.508 e. The molecule has 1 saturated heterocycles. The number of carbonyl (C=O) groups excluding carboxylic acids is 1. The predicted octanol–water partition coefficient (Wildman–Crippen LogP) is 4.94. The minimum absolute atomic E-state index is 0.0266. The summed E-state index contributed by atoms with van der Waals surface area (Å²) in [6.07, 6.45) is 7.08. The smallest absolute Gasteiger partial charge is 0.438 e. The number of aliphatic hydroxyl groups excluding tert-OH is 2. The molecule has 6 fully saturated rings. The Balaban J connectivity index is 1.31. The zero-order valence-electron chi connectivity index (χ0n) is 22.5. The van der Waals surface area contributed by atoms with Crippen LogP contribution in [0, 0.1) is 50.7 Å². The van der Waals surface area contributed by atoms with E-state index in [2.05, 4.69) is 39.4 Å². The number of rotatable bonds is 2. The fraction of sp³-hybridized carbons (Fsp3) is 0.966. The van der Waals surface area contributed by atoms with Gasteiger partial charge in [0.1, 0.15) is 6.61 Å². The molecule has 7 unspecified atom stereocenters. The van der Waals surface area contributed by atoms with Crippen molar-refractivity contribution in [2.45, 2.75) is 110 Å². The summed E-state index contributed by atoms with van der Waals surface area (Å²) in [4.78, 5) is 11.5. The third-order valence-electron chi connectivity index (χ3n) is 13.4. The Bertz CT molecular complexity index is 904. The molecule has 6 rings (SSSR count). The van der Waals surface area contributed by atoms with Gasteiger partial charge < -0.3 is 24.4 Å². The molecule has 198 valence electrons. The first kappa shape index (κ1) is 24.5. The van der Waals surface area contributed by atoms with Gasteiger partial charge in [-0.25, -0.2) is 4.79 Å². The van der Waals surface area contributed by atoms with Crippen LogP contribution in [-0.4, -0.2) is 54.5 Å². The molecule has 6 nitrogen and oxygen atoms in total. The lowest BCUT2D eigenvalue weighted by molar-refractivity contribution is -0.182. The monoisotopic (exact) mass is 490 g/mol. The van der Waals surface area contributed by atoms with Crippen LogP contribution in [0.5, 0.6) is 0 Å². The highest BCUT2D eigenvalue weighted by Crippen LogP contribution is 2.89. The van der Waals surface area contributed by atoms with Crippen molar-refractivity contribution in [3.8, 4) is 0 Å². The van der Waals surface area contributed by atoms with E-state index in [1.807, 2.05) is 0 Å². The first-order chi connectivity index (χ1) is 16.4. The van der Waals surface area contributed by atoms with E-state index >= 15 is 0 Å². The molecule has 1 heterocycles. The lowest BCUT2D eigenvalue weighted by atomic mass is 9.41. The summed E-state index contributed by atoms with van der Waals surface area (Å²) < 4.78 is 16.5. The maximum atomic E-state index is 12.1. The Morgan fingerprint density at radius 2 is 1.69 bits per heavy atom. The van der Waals surface area contributed by atoms with E-state index in [4.69, 9.17) is 9.47 Å². The molecule has 5 saturated carbocycles. The Labute approximate surface area is 210 Å². The van der Waals surface area contributed by atoms with Crippen LogP contribution in [0.2, 0.25) is 0 Å².